The lowest BCUT2D eigenvalue weighted by molar-refractivity contribution is -0.136. The zero-order chi connectivity index (χ0) is 15.2. The molecule has 20 heavy (non-hydrogen) atoms. The number of rotatable bonds is 7. The Morgan fingerprint density at radius 1 is 1.15 bits per heavy atom. The largest absolute Gasteiger partial charge is 0.481 e. The van der Waals surface area contributed by atoms with Crippen molar-refractivity contribution < 1.29 is 9.90 Å². The molecule has 0 heterocycles. The van der Waals surface area contributed by atoms with Gasteiger partial charge in [0.15, 0.2) is 0 Å². The maximum Gasteiger partial charge on any atom is 0.305 e. The molecular weight excluding hydrogens is 250 g/mol. The molecule has 0 aliphatic heterocycles. The molecule has 1 rings (SSSR count). The number of anilines is 1. The molecular formula is C17H27NO2. The van der Waals surface area contributed by atoms with Crippen LogP contribution >= 0.6 is 0 Å². The van der Waals surface area contributed by atoms with Crippen LogP contribution in [0.3, 0.4) is 0 Å². The highest BCUT2D eigenvalue weighted by atomic mass is 16.4. The van der Waals surface area contributed by atoms with Crippen LogP contribution in [0.2, 0.25) is 0 Å². The van der Waals surface area contributed by atoms with E-state index in [4.69, 9.17) is 5.11 Å². The zero-order valence-corrected chi connectivity index (χ0v) is 13.1. The standard InChI is InChI=1S/C17H27NO2/c1-5-6-12-18(13-11-16(19)20)15-9-7-14(8-10-15)17(2,3)4/h7-10H,5-6,11-13H2,1-4H3,(H,19,20). The molecule has 112 valence electrons. The second kappa shape index (κ2) is 7.32. The Balaban J connectivity index is 2.81. The van der Waals surface area contributed by atoms with Crippen LogP contribution < -0.4 is 4.90 Å². The minimum Gasteiger partial charge on any atom is -0.481 e. The number of hydrogen-bond donors (Lipinski definition) is 1. The van der Waals surface area contributed by atoms with Gasteiger partial charge in [-0.25, -0.2) is 0 Å². The van der Waals surface area contributed by atoms with Gasteiger partial charge < -0.3 is 10.0 Å². The fraction of sp³-hybridized carbons (Fsp3) is 0.588. The van der Waals surface area contributed by atoms with Crippen molar-refractivity contribution in [1.29, 1.82) is 0 Å². The fourth-order valence-corrected chi connectivity index (χ4v) is 2.12. The molecule has 0 aliphatic carbocycles. The van der Waals surface area contributed by atoms with E-state index >= 15 is 0 Å². The summed E-state index contributed by atoms with van der Waals surface area (Å²) in [5, 5.41) is 8.86. The van der Waals surface area contributed by atoms with E-state index in [1.165, 1.54) is 5.56 Å². The van der Waals surface area contributed by atoms with Crippen LogP contribution in [0.15, 0.2) is 24.3 Å². The summed E-state index contributed by atoms with van der Waals surface area (Å²) in [5.74, 6) is -0.738. The minimum absolute atomic E-state index is 0.147. The first-order valence-electron chi connectivity index (χ1n) is 7.42. The van der Waals surface area contributed by atoms with E-state index in [0.29, 0.717) is 6.54 Å². The van der Waals surface area contributed by atoms with E-state index in [9.17, 15) is 4.79 Å². The Morgan fingerprint density at radius 2 is 1.75 bits per heavy atom. The van der Waals surface area contributed by atoms with Crippen molar-refractivity contribution in [3.05, 3.63) is 29.8 Å². The van der Waals surface area contributed by atoms with Crippen molar-refractivity contribution in [3.63, 3.8) is 0 Å². The lowest BCUT2D eigenvalue weighted by Crippen LogP contribution is -2.27. The van der Waals surface area contributed by atoms with Crippen LogP contribution in [-0.4, -0.2) is 24.2 Å². The summed E-state index contributed by atoms with van der Waals surface area (Å²) in [6.45, 7) is 10.2. The summed E-state index contributed by atoms with van der Waals surface area (Å²) in [7, 11) is 0. The Hall–Kier alpha value is -1.51. The molecule has 1 N–H and O–H groups in total. The number of carbonyl (C=O) groups is 1. The van der Waals surface area contributed by atoms with Crippen molar-refractivity contribution in [3.8, 4) is 0 Å². The molecule has 0 fully saturated rings. The normalized spacial score (nSPS) is 11.4. The number of benzene rings is 1. The molecule has 0 spiro atoms. The van der Waals surface area contributed by atoms with Crippen molar-refractivity contribution in [1.82, 2.24) is 0 Å². The number of hydrogen-bond acceptors (Lipinski definition) is 2. The smallest absolute Gasteiger partial charge is 0.305 e. The van der Waals surface area contributed by atoms with Gasteiger partial charge in [-0.1, -0.05) is 46.2 Å². The quantitative estimate of drug-likeness (QED) is 0.817. The van der Waals surface area contributed by atoms with Gasteiger partial charge in [0.2, 0.25) is 0 Å². The molecule has 0 unspecified atom stereocenters. The summed E-state index contributed by atoms with van der Waals surface area (Å²) in [6.07, 6.45) is 2.38. The molecule has 0 saturated carbocycles. The highest BCUT2D eigenvalue weighted by molar-refractivity contribution is 5.67. The van der Waals surface area contributed by atoms with Crippen LogP contribution in [0.1, 0.15) is 52.5 Å². The van der Waals surface area contributed by atoms with E-state index in [1.807, 2.05) is 0 Å². The third kappa shape index (κ3) is 5.24. The van der Waals surface area contributed by atoms with Crippen LogP contribution in [-0.2, 0) is 10.2 Å². The first kappa shape index (κ1) is 16.5. The van der Waals surface area contributed by atoms with Gasteiger partial charge in [-0.15, -0.1) is 0 Å². The number of unbranched alkanes of at least 4 members (excludes halogenated alkanes) is 1. The molecule has 0 saturated heterocycles. The maximum atomic E-state index is 10.8. The van der Waals surface area contributed by atoms with E-state index in [1.54, 1.807) is 0 Å². The third-order valence-corrected chi connectivity index (χ3v) is 3.48. The predicted octanol–water partition coefficient (Wildman–Crippen LogP) is 4.07. The van der Waals surface area contributed by atoms with E-state index in [0.717, 1.165) is 25.1 Å². The highest BCUT2D eigenvalue weighted by Crippen LogP contribution is 2.25. The second-order valence-electron chi connectivity index (χ2n) is 6.28. The van der Waals surface area contributed by atoms with Crippen molar-refractivity contribution in [2.75, 3.05) is 18.0 Å². The van der Waals surface area contributed by atoms with Gasteiger partial charge in [0.05, 0.1) is 6.42 Å². The number of aliphatic carboxylic acids is 1. The molecule has 0 atom stereocenters. The molecule has 0 amide bonds. The molecule has 1 aromatic rings. The lowest BCUT2D eigenvalue weighted by Gasteiger charge is -2.26. The monoisotopic (exact) mass is 277 g/mol. The van der Waals surface area contributed by atoms with Crippen LogP contribution in [0, 0.1) is 0 Å². The average Bonchev–Trinajstić information content (AvgIpc) is 2.38. The van der Waals surface area contributed by atoms with Gasteiger partial charge in [0, 0.05) is 18.8 Å². The van der Waals surface area contributed by atoms with Crippen LogP contribution in [0.25, 0.3) is 0 Å². The first-order valence-corrected chi connectivity index (χ1v) is 7.42. The van der Waals surface area contributed by atoms with Crippen molar-refractivity contribution in [2.45, 2.75) is 52.4 Å². The summed E-state index contributed by atoms with van der Waals surface area (Å²) >= 11 is 0. The van der Waals surface area contributed by atoms with E-state index in [2.05, 4.69) is 56.9 Å². The Labute approximate surface area is 122 Å². The molecule has 0 aliphatic rings. The van der Waals surface area contributed by atoms with Crippen LogP contribution in [0.4, 0.5) is 5.69 Å². The molecule has 1 aromatic carbocycles. The highest BCUT2D eigenvalue weighted by Gasteiger charge is 2.14. The van der Waals surface area contributed by atoms with E-state index in [-0.39, 0.29) is 11.8 Å². The van der Waals surface area contributed by atoms with Gasteiger partial charge in [-0.3, -0.25) is 4.79 Å². The summed E-state index contributed by atoms with van der Waals surface area (Å²) in [5.41, 5.74) is 2.57. The summed E-state index contributed by atoms with van der Waals surface area (Å²) in [6, 6.07) is 8.51. The van der Waals surface area contributed by atoms with Gasteiger partial charge in [0.25, 0.3) is 0 Å². The maximum absolute atomic E-state index is 10.8. The molecule has 3 nitrogen and oxygen atoms in total. The topological polar surface area (TPSA) is 40.5 Å². The van der Waals surface area contributed by atoms with Gasteiger partial charge in [-0.05, 0) is 29.5 Å². The number of carboxylic acids is 1. The number of nitrogens with zero attached hydrogens (tertiary/aromatic N) is 1. The number of carboxylic acid groups (broad SMARTS) is 1. The average molecular weight is 277 g/mol. The van der Waals surface area contributed by atoms with E-state index < -0.39 is 5.97 Å². The predicted molar refractivity (Wildman–Crippen MR) is 84.5 cm³/mol. The minimum atomic E-state index is -0.738. The molecule has 0 aromatic heterocycles. The van der Waals surface area contributed by atoms with Gasteiger partial charge in [0.1, 0.15) is 0 Å². The SMILES string of the molecule is CCCCN(CCC(=O)O)c1ccc(C(C)(C)C)cc1. The van der Waals surface area contributed by atoms with Crippen molar-refractivity contribution >= 4 is 11.7 Å². The first-order chi connectivity index (χ1) is 9.34. The fourth-order valence-electron chi connectivity index (χ4n) is 2.12. The lowest BCUT2D eigenvalue weighted by atomic mass is 9.87. The zero-order valence-electron chi connectivity index (χ0n) is 13.1. The third-order valence-electron chi connectivity index (χ3n) is 3.48. The molecule has 0 bridgehead atoms. The summed E-state index contributed by atoms with van der Waals surface area (Å²) < 4.78 is 0. The Kier molecular flexibility index (Phi) is 6.05. The van der Waals surface area contributed by atoms with Crippen LogP contribution in [0.5, 0.6) is 0 Å². The molecule has 3 heteroatoms. The molecule has 0 radical (unpaired) electrons. The Morgan fingerprint density at radius 3 is 2.20 bits per heavy atom. The second-order valence-corrected chi connectivity index (χ2v) is 6.28. The Bertz CT molecular complexity index is 418. The summed E-state index contributed by atoms with van der Waals surface area (Å²) in [4.78, 5) is 12.9. The van der Waals surface area contributed by atoms with Gasteiger partial charge in [-0.2, -0.15) is 0 Å². The van der Waals surface area contributed by atoms with Gasteiger partial charge >= 0.3 is 5.97 Å². The van der Waals surface area contributed by atoms with Crippen molar-refractivity contribution in [2.24, 2.45) is 0 Å².